The number of aryl methyl sites for hydroxylation is 1. The minimum atomic E-state index is -3.40. The van der Waals surface area contributed by atoms with Crippen LogP contribution in [0.4, 0.5) is 0 Å². The summed E-state index contributed by atoms with van der Waals surface area (Å²) in [5.41, 5.74) is 0.574. The van der Waals surface area contributed by atoms with Crippen molar-refractivity contribution < 1.29 is 13.2 Å². The molecule has 0 N–H and O–H groups in total. The Hall–Kier alpha value is 0.0500. The van der Waals surface area contributed by atoms with Crippen LogP contribution in [0.15, 0.2) is 14.1 Å². The summed E-state index contributed by atoms with van der Waals surface area (Å²) in [5.74, 6) is 0. The molecule has 1 aromatic heterocycles. The summed E-state index contributed by atoms with van der Waals surface area (Å²) in [5, 5.41) is 0. The summed E-state index contributed by atoms with van der Waals surface area (Å²) in [4.78, 5) is 0. The number of methoxy groups -OCH3 is 1. The molecule has 1 unspecified atom stereocenters. The molecule has 0 saturated carbocycles. The number of thiophene rings is 1. The van der Waals surface area contributed by atoms with Gasteiger partial charge in [-0.25, -0.2) is 8.42 Å². The van der Waals surface area contributed by atoms with Gasteiger partial charge in [-0.1, -0.05) is 0 Å². The van der Waals surface area contributed by atoms with Crippen LogP contribution in [0.25, 0.3) is 0 Å². The predicted molar refractivity (Wildman–Crippen MR) is 80.2 cm³/mol. The number of nitrogens with zero attached hydrogens (tertiary/aromatic N) is 1. The minimum absolute atomic E-state index is 0.380. The number of halogens is 1. The molecule has 19 heavy (non-hydrogen) atoms. The fourth-order valence-electron chi connectivity index (χ4n) is 2.22. The first-order chi connectivity index (χ1) is 8.78. The molecule has 0 bridgehead atoms. The zero-order valence-corrected chi connectivity index (χ0v) is 14.5. The maximum Gasteiger partial charge on any atom is 0.252 e. The standard InChI is InChI=1S/C12H18BrNO3S2/c1-9-7-10(18-11(9)13)19(15,16)14-6-4-5-12(2,8-14)17-3/h7H,4-6,8H2,1-3H3. The molecule has 0 radical (unpaired) electrons. The van der Waals surface area contributed by atoms with Gasteiger partial charge < -0.3 is 4.74 Å². The Morgan fingerprint density at radius 3 is 2.74 bits per heavy atom. The van der Waals surface area contributed by atoms with Crippen LogP contribution < -0.4 is 0 Å². The number of hydrogen-bond acceptors (Lipinski definition) is 4. The molecule has 7 heteroatoms. The second-order valence-corrected chi connectivity index (χ2v) is 9.65. The van der Waals surface area contributed by atoms with E-state index in [2.05, 4.69) is 15.9 Å². The molecule has 0 aromatic carbocycles. The van der Waals surface area contributed by atoms with E-state index in [9.17, 15) is 8.42 Å². The Bertz CT molecular complexity index is 550. The maximum atomic E-state index is 12.6. The zero-order valence-electron chi connectivity index (χ0n) is 11.3. The van der Waals surface area contributed by atoms with Crippen molar-refractivity contribution in [2.75, 3.05) is 20.2 Å². The van der Waals surface area contributed by atoms with Gasteiger partial charge in [0.2, 0.25) is 0 Å². The van der Waals surface area contributed by atoms with Crippen LogP contribution in [0.3, 0.4) is 0 Å². The van der Waals surface area contributed by atoms with Crippen molar-refractivity contribution in [2.45, 2.75) is 36.5 Å². The molecular weight excluding hydrogens is 350 g/mol. The Morgan fingerprint density at radius 2 is 2.21 bits per heavy atom. The summed E-state index contributed by atoms with van der Waals surface area (Å²) in [6, 6.07) is 1.73. The monoisotopic (exact) mass is 367 g/mol. The molecule has 108 valence electrons. The summed E-state index contributed by atoms with van der Waals surface area (Å²) < 4.78 is 33.5. The van der Waals surface area contributed by atoms with Crippen molar-refractivity contribution >= 4 is 37.3 Å². The van der Waals surface area contributed by atoms with Gasteiger partial charge in [-0.3, -0.25) is 0 Å². The van der Waals surface area contributed by atoms with Gasteiger partial charge >= 0.3 is 0 Å². The van der Waals surface area contributed by atoms with Gasteiger partial charge in [0.25, 0.3) is 10.0 Å². The maximum absolute atomic E-state index is 12.6. The zero-order chi connectivity index (χ0) is 14.3. The SMILES string of the molecule is COC1(C)CCCN(S(=O)(=O)c2cc(C)c(Br)s2)C1. The van der Waals surface area contributed by atoms with Crippen LogP contribution in [0.5, 0.6) is 0 Å². The molecule has 4 nitrogen and oxygen atoms in total. The predicted octanol–water partition coefficient (Wildman–Crippen LogP) is 3.01. The van der Waals surface area contributed by atoms with Crippen LogP contribution in [0, 0.1) is 6.92 Å². The molecule has 1 aromatic rings. The van der Waals surface area contributed by atoms with Gasteiger partial charge in [-0.15, -0.1) is 11.3 Å². The minimum Gasteiger partial charge on any atom is -0.377 e. The fraction of sp³-hybridized carbons (Fsp3) is 0.667. The molecule has 1 aliphatic heterocycles. The van der Waals surface area contributed by atoms with Gasteiger partial charge in [0.05, 0.1) is 9.39 Å². The van der Waals surface area contributed by atoms with Crippen LogP contribution in [-0.2, 0) is 14.8 Å². The van der Waals surface area contributed by atoms with Crippen LogP contribution >= 0.6 is 27.3 Å². The van der Waals surface area contributed by atoms with E-state index < -0.39 is 10.0 Å². The average Bonchev–Trinajstić information content (AvgIpc) is 2.70. The van der Waals surface area contributed by atoms with Crippen molar-refractivity contribution in [2.24, 2.45) is 0 Å². The third kappa shape index (κ3) is 3.05. The molecule has 1 fully saturated rings. The van der Waals surface area contributed by atoms with Gasteiger partial charge in [0.15, 0.2) is 0 Å². The molecule has 2 rings (SSSR count). The topological polar surface area (TPSA) is 46.6 Å². The van der Waals surface area contributed by atoms with E-state index in [1.54, 1.807) is 13.2 Å². The smallest absolute Gasteiger partial charge is 0.252 e. The Labute approximate surface area is 126 Å². The number of piperidine rings is 1. The Balaban J connectivity index is 2.29. The molecule has 1 aliphatic rings. The lowest BCUT2D eigenvalue weighted by atomic mass is 9.96. The highest BCUT2D eigenvalue weighted by atomic mass is 79.9. The summed E-state index contributed by atoms with van der Waals surface area (Å²) in [6.45, 7) is 4.84. The molecular formula is C12H18BrNO3S2. The average molecular weight is 368 g/mol. The van der Waals surface area contributed by atoms with Gasteiger partial charge in [-0.2, -0.15) is 4.31 Å². The third-order valence-corrected chi connectivity index (χ3v) is 7.98. The molecule has 1 saturated heterocycles. The molecule has 0 spiro atoms. The molecule has 2 heterocycles. The Kier molecular flexibility index (Phi) is 4.42. The van der Waals surface area contributed by atoms with Crippen molar-refractivity contribution in [3.8, 4) is 0 Å². The van der Waals surface area contributed by atoms with E-state index in [4.69, 9.17) is 4.74 Å². The lowest BCUT2D eigenvalue weighted by Gasteiger charge is -2.38. The van der Waals surface area contributed by atoms with Gasteiger partial charge in [0.1, 0.15) is 4.21 Å². The Morgan fingerprint density at radius 1 is 1.53 bits per heavy atom. The summed E-state index contributed by atoms with van der Waals surface area (Å²) in [7, 11) is -1.76. The van der Waals surface area contributed by atoms with Crippen LogP contribution in [0.1, 0.15) is 25.3 Å². The van der Waals surface area contributed by atoms with E-state index in [0.29, 0.717) is 17.3 Å². The van der Waals surface area contributed by atoms with Crippen LogP contribution in [-0.4, -0.2) is 38.5 Å². The van der Waals surface area contributed by atoms with Crippen molar-refractivity contribution in [3.63, 3.8) is 0 Å². The number of sulfonamides is 1. The lowest BCUT2D eigenvalue weighted by molar-refractivity contribution is -0.0319. The second-order valence-electron chi connectivity index (χ2n) is 5.12. The van der Waals surface area contributed by atoms with Crippen LogP contribution in [0.2, 0.25) is 0 Å². The molecule has 1 atom stereocenters. The highest BCUT2D eigenvalue weighted by molar-refractivity contribution is 9.11. The van der Waals surface area contributed by atoms with Crippen molar-refractivity contribution in [1.29, 1.82) is 0 Å². The van der Waals surface area contributed by atoms with Gasteiger partial charge in [-0.05, 0) is 54.2 Å². The fourth-order valence-corrected chi connectivity index (χ4v) is 6.19. The number of rotatable bonds is 3. The normalized spacial score (nSPS) is 25.7. The quantitative estimate of drug-likeness (QED) is 0.824. The van der Waals surface area contributed by atoms with Crippen molar-refractivity contribution in [3.05, 3.63) is 15.4 Å². The molecule has 0 amide bonds. The number of ether oxygens (including phenoxy) is 1. The van der Waals surface area contributed by atoms with E-state index in [1.165, 1.54) is 15.6 Å². The largest absolute Gasteiger partial charge is 0.377 e. The first kappa shape index (κ1) is 15.4. The molecule has 0 aliphatic carbocycles. The summed E-state index contributed by atoms with van der Waals surface area (Å²) >= 11 is 4.65. The highest BCUT2D eigenvalue weighted by Gasteiger charge is 2.37. The van der Waals surface area contributed by atoms with Crippen molar-refractivity contribution in [1.82, 2.24) is 4.31 Å². The summed E-state index contributed by atoms with van der Waals surface area (Å²) in [6.07, 6.45) is 1.72. The van der Waals surface area contributed by atoms with E-state index in [-0.39, 0.29) is 5.60 Å². The third-order valence-electron chi connectivity index (χ3n) is 3.55. The highest BCUT2D eigenvalue weighted by Crippen LogP contribution is 2.34. The first-order valence-electron chi connectivity index (χ1n) is 6.10. The van der Waals surface area contributed by atoms with E-state index in [0.717, 1.165) is 22.2 Å². The van der Waals surface area contributed by atoms with E-state index >= 15 is 0 Å². The lowest BCUT2D eigenvalue weighted by Crippen LogP contribution is -2.49. The second kappa shape index (κ2) is 5.44. The number of hydrogen-bond donors (Lipinski definition) is 0. The first-order valence-corrected chi connectivity index (χ1v) is 9.15. The van der Waals surface area contributed by atoms with Gasteiger partial charge in [0, 0.05) is 20.2 Å². The van der Waals surface area contributed by atoms with E-state index in [1.807, 2.05) is 13.8 Å².